The van der Waals surface area contributed by atoms with Crippen molar-refractivity contribution in [1.82, 2.24) is 30.3 Å². The molecule has 3 aromatic heterocycles. The smallest absolute Gasteiger partial charge is 0.284 e. The van der Waals surface area contributed by atoms with Crippen molar-refractivity contribution in [2.45, 2.75) is 56.3 Å². The van der Waals surface area contributed by atoms with Crippen LogP contribution in [0, 0.1) is 5.82 Å². The Bertz CT molecular complexity index is 1550. The van der Waals surface area contributed by atoms with Crippen LogP contribution < -0.4 is 15.5 Å². The number of thioether (sulfide) groups is 1. The van der Waals surface area contributed by atoms with Crippen LogP contribution >= 0.6 is 11.8 Å². The lowest BCUT2D eigenvalue weighted by molar-refractivity contribution is -0.113. The lowest BCUT2D eigenvalue weighted by atomic mass is 10.1. The number of aromatic nitrogens is 3. The molecule has 2 aliphatic rings. The van der Waals surface area contributed by atoms with Crippen LogP contribution in [-0.2, 0) is 15.6 Å². The summed E-state index contributed by atoms with van der Waals surface area (Å²) in [6.45, 7) is 13.8. The first kappa shape index (κ1) is 32.2. The molecule has 0 bridgehead atoms. The monoisotopic (exact) mass is 641 g/mol. The minimum Gasteiger partial charge on any atom is -0.481 e. The molecular formula is C30H40FN7O4SSi. The zero-order valence-corrected chi connectivity index (χ0v) is 27.9. The predicted octanol–water partition coefficient (Wildman–Crippen LogP) is 4.11. The third-order valence-corrected chi connectivity index (χ3v) is 14.1. The Morgan fingerprint density at radius 1 is 1.20 bits per heavy atom. The molecule has 11 nitrogen and oxygen atoms in total. The average molecular weight is 642 g/mol. The first-order chi connectivity index (χ1) is 20.8. The zero-order chi connectivity index (χ0) is 31.6. The molecule has 1 saturated heterocycles. The number of halogens is 1. The van der Waals surface area contributed by atoms with Gasteiger partial charge in [0.15, 0.2) is 8.32 Å². The van der Waals surface area contributed by atoms with Crippen LogP contribution in [0.5, 0.6) is 5.88 Å². The Hall–Kier alpha value is -3.17. The van der Waals surface area contributed by atoms with Gasteiger partial charge in [-0.15, -0.1) is 11.8 Å². The summed E-state index contributed by atoms with van der Waals surface area (Å²) < 4.78 is 26.9. The van der Waals surface area contributed by atoms with Crippen LogP contribution in [0.15, 0.2) is 35.4 Å². The molecule has 5 heterocycles. The number of anilines is 1. The van der Waals surface area contributed by atoms with E-state index < -0.39 is 14.1 Å². The predicted molar refractivity (Wildman–Crippen MR) is 171 cm³/mol. The van der Waals surface area contributed by atoms with Gasteiger partial charge in [-0.3, -0.25) is 24.9 Å². The van der Waals surface area contributed by atoms with Crippen LogP contribution in [0.4, 0.5) is 10.2 Å². The fraction of sp³-hybridized carbons (Fsp3) is 0.500. The number of nitrogens with one attached hydrogen (secondary N) is 2. The van der Waals surface area contributed by atoms with Gasteiger partial charge in [0.1, 0.15) is 17.3 Å². The number of piperazine rings is 1. The van der Waals surface area contributed by atoms with Gasteiger partial charge >= 0.3 is 0 Å². The second kappa shape index (κ2) is 13.1. The number of fused-ring (bicyclic) bond motifs is 2. The second-order valence-electron chi connectivity index (χ2n) is 12.6. The van der Waals surface area contributed by atoms with E-state index in [2.05, 4.69) is 64.5 Å². The first-order valence-electron chi connectivity index (χ1n) is 14.7. The van der Waals surface area contributed by atoms with E-state index in [4.69, 9.17) is 9.16 Å². The summed E-state index contributed by atoms with van der Waals surface area (Å²) in [5.41, 5.74) is 4.89. The van der Waals surface area contributed by atoms with Gasteiger partial charge in [-0.25, -0.2) is 19.4 Å². The quantitative estimate of drug-likeness (QED) is 0.330. The Morgan fingerprint density at radius 2 is 2.00 bits per heavy atom. The molecule has 0 aliphatic carbocycles. The van der Waals surface area contributed by atoms with Gasteiger partial charge in [0, 0.05) is 37.8 Å². The molecule has 0 saturated carbocycles. The van der Waals surface area contributed by atoms with Gasteiger partial charge in [-0.05, 0) is 42.8 Å². The Balaban J connectivity index is 1.31. The highest BCUT2D eigenvalue weighted by Gasteiger charge is 2.39. The minimum absolute atomic E-state index is 0.0267. The molecule has 2 N–H and O–H groups in total. The number of pyridine rings is 3. The Labute approximate surface area is 262 Å². The van der Waals surface area contributed by atoms with E-state index in [1.165, 1.54) is 25.1 Å². The van der Waals surface area contributed by atoms with Gasteiger partial charge in [-0.2, -0.15) is 0 Å². The molecule has 0 aromatic carbocycles. The lowest BCUT2D eigenvalue weighted by Gasteiger charge is -2.43. The third kappa shape index (κ3) is 7.20. The van der Waals surface area contributed by atoms with Crippen LogP contribution in [0.2, 0.25) is 18.1 Å². The largest absolute Gasteiger partial charge is 0.481 e. The molecule has 1 fully saturated rings. The molecule has 0 radical (unpaired) electrons. The maximum Gasteiger partial charge on any atom is 0.284 e. The summed E-state index contributed by atoms with van der Waals surface area (Å²) in [5, 5.41) is 4.70. The van der Waals surface area contributed by atoms with Crippen LogP contribution in [-0.4, -0.2) is 96.7 Å². The van der Waals surface area contributed by atoms with E-state index >= 15 is 0 Å². The zero-order valence-electron chi connectivity index (χ0n) is 26.1. The minimum atomic E-state index is -2.08. The Kier molecular flexibility index (Phi) is 9.56. The van der Waals surface area contributed by atoms with Crippen molar-refractivity contribution in [2.24, 2.45) is 0 Å². The second-order valence-corrected chi connectivity index (χ2v) is 18.4. The number of amides is 2. The van der Waals surface area contributed by atoms with Crippen molar-refractivity contribution in [2.75, 3.05) is 51.0 Å². The van der Waals surface area contributed by atoms with E-state index in [-0.39, 0.29) is 28.6 Å². The summed E-state index contributed by atoms with van der Waals surface area (Å²) in [4.78, 5) is 41.4. The molecule has 44 heavy (non-hydrogen) atoms. The number of carbonyl (C=O) groups is 2. The number of ether oxygens (including phenoxy) is 1. The molecule has 3 aromatic rings. The number of nitrogens with zero attached hydrogens (tertiary/aromatic N) is 5. The van der Waals surface area contributed by atoms with E-state index in [1.54, 1.807) is 18.2 Å². The van der Waals surface area contributed by atoms with Crippen LogP contribution in [0.25, 0.3) is 11.0 Å². The lowest BCUT2D eigenvalue weighted by Crippen LogP contribution is -2.61. The maximum absolute atomic E-state index is 15.0. The third-order valence-electron chi connectivity index (χ3n) is 8.59. The summed E-state index contributed by atoms with van der Waals surface area (Å²) in [6.07, 6.45) is 1.68. The maximum atomic E-state index is 15.0. The Morgan fingerprint density at radius 3 is 2.75 bits per heavy atom. The molecule has 1 unspecified atom stereocenters. The molecule has 236 valence electrons. The van der Waals surface area contributed by atoms with Crippen molar-refractivity contribution in [3.8, 4) is 5.88 Å². The van der Waals surface area contributed by atoms with E-state index in [0.29, 0.717) is 73.3 Å². The molecule has 0 spiro atoms. The van der Waals surface area contributed by atoms with Gasteiger partial charge in [-0.1, -0.05) is 20.8 Å². The number of rotatable bonds is 9. The van der Waals surface area contributed by atoms with Crippen molar-refractivity contribution < 1.29 is 23.1 Å². The topological polar surface area (TPSA) is 122 Å². The highest BCUT2D eigenvalue weighted by Crippen LogP contribution is 2.37. The molecular weight excluding hydrogens is 602 g/mol. The normalized spacial score (nSPS) is 18.2. The van der Waals surface area contributed by atoms with E-state index in [0.717, 1.165) is 4.90 Å². The fourth-order valence-corrected chi connectivity index (χ4v) is 6.71. The van der Waals surface area contributed by atoms with E-state index in [9.17, 15) is 14.0 Å². The SMILES string of the molecule is COc1ccc2ncc(F)c(CCN3CCN(NC(=O)c4ccc5c(n4)NC(=O)CS5)C(CO[Si](C)(C)C(C)(C)C)C3)c2n1. The fourth-order valence-electron chi connectivity index (χ4n) is 4.91. The summed E-state index contributed by atoms with van der Waals surface area (Å²) in [6, 6.07) is 6.83. The van der Waals surface area contributed by atoms with Crippen LogP contribution in [0.1, 0.15) is 36.8 Å². The number of hydrogen-bond acceptors (Lipinski definition) is 10. The van der Waals surface area contributed by atoms with Crippen molar-refractivity contribution in [3.63, 3.8) is 0 Å². The summed E-state index contributed by atoms with van der Waals surface area (Å²) in [7, 11) is -0.544. The number of hydrogen-bond donors (Lipinski definition) is 2. The van der Waals surface area contributed by atoms with E-state index in [1.807, 2.05) is 11.1 Å². The van der Waals surface area contributed by atoms with Gasteiger partial charge in [0.2, 0.25) is 11.8 Å². The van der Waals surface area contributed by atoms with Gasteiger partial charge < -0.3 is 14.5 Å². The summed E-state index contributed by atoms with van der Waals surface area (Å²) in [5.74, 6) is 0.260. The van der Waals surface area contributed by atoms with Crippen molar-refractivity contribution in [1.29, 1.82) is 0 Å². The van der Waals surface area contributed by atoms with Gasteiger partial charge in [0.25, 0.3) is 5.91 Å². The average Bonchev–Trinajstić information content (AvgIpc) is 2.99. The highest BCUT2D eigenvalue weighted by molar-refractivity contribution is 8.00. The highest BCUT2D eigenvalue weighted by atomic mass is 32.2. The molecule has 2 aliphatic heterocycles. The van der Waals surface area contributed by atoms with Gasteiger partial charge in [0.05, 0.1) is 47.6 Å². The first-order valence-corrected chi connectivity index (χ1v) is 18.6. The molecule has 1 atom stereocenters. The molecule has 5 rings (SSSR count). The van der Waals surface area contributed by atoms with Crippen molar-refractivity contribution in [3.05, 3.63) is 47.5 Å². The van der Waals surface area contributed by atoms with Crippen LogP contribution in [0.3, 0.4) is 0 Å². The standard InChI is InChI=1S/C30H40FN7O4SSi/c1-30(2,3)44(5,6)42-17-19-16-37(12-11-20-21(31)15-32-22-8-10-26(41-4)35-27(20)22)13-14-38(19)36-29(40)23-7-9-24-28(33-23)34-25(39)18-43-24/h7-10,15,19H,11-14,16-18H2,1-6H3,(H,36,40)(H,33,34,39). The number of methoxy groups -OCH3 is 1. The molecule has 2 amide bonds. The number of carbonyl (C=O) groups excluding carboxylic acids is 2. The van der Waals surface area contributed by atoms with Crippen molar-refractivity contribution >= 4 is 48.7 Å². The number of hydrazine groups is 1. The summed E-state index contributed by atoms with van der Waals surface area (Å²) >= 11 is 1.40. The molecule has 14 heteroatoms.